The van der Waals surface area contributed by atoms with Crippen LogP contribution in [0.5, 0.6) is 5.75 Å². The summed E-state index contributed by atoms with van der Waals surface area (Å²) in [6.07, 6.45) is 3.81. The highest BCUT2D eigenvalue weighted by molar-refractivity contribution is 7.80. The number of anilines is 2. The minimum atomic E-state index is -0.282. The summed E-state index contributed by atoms with van der Waals surface area (Å²) in [5, 5.41) is 15.2. The van der Waals surface area contributed by atoms with Crippen LogP contribution in [0.2, 0.25) is 5.02 Å². The maximum absolute atomic E-state index is 10.7. The lowest BCUT2D eigenvalue weighted by atomic mass is 10.0. The van der Waals surface area contributed by atoms with Gasteiger partial charge in [-0.2, -0.15) is 0 Å². The third kappa shape index (κ3) is 3.97. The van der Waals surface area contributed by atoms with Gasteiger partial charge in [0.25, 0.3) is 0 Å². The Bertz CT molecular complexity index is 1320. The summed E-state index contributed by atoms with van der Waals surface area (Å²) in [5.74, 6) is 0.105. The Morgan fingerprint density at radius 2 is 1.82 bits per heavy atom. The highest BCUT2D eigenvalue weighted by atomic mass is 35.5. The van der Waals surface area contributed by atoms with Crippen LogP contribution in [-0.2, 0) is 0 Å². The number of thiocarbonyl (C=S) groups is 1. The van der Waals surface area contributed by atoms with Crippen LogP contribution in [0.15, 0.2) is 85.2 Å². The molecule has 2 aromatic carbocycles. The van der Waals surface area contributed by atoms with E-state index < -0.39 is 0 Å². The predicted octanol–water partition coefficient (Wildman–Crippen LogP) is 5.47. The smallest absolute Gasteiger partial charge is 0.174 e. The number of nitrogens with one attached hydrogen (secondary N) is 1. The molecule has 0 saturated carbocycles. The van der Waals surface area contributed by atoms with Gasteiger partial charge in [0.1, 0.15) is 11.8 Å². The van der Waals surface area contributed by atoms with Gasteiger partial charge in [-0.25, -0.2) is 0 Å². The number of hydrogen-bond donors (Lipinski definition) is 2. The average Bonchev–Trinajstić information content (AvgIpc) is 3.45. The molecule has 172 valence electrons. The Balaban J connectivity index is 1.66. The largest absolute Gasteiger partial charge is 0.506 e. The van der Waals surface area contributed by atoms with Crippen molar-refractivity contribution in [2.24, 2.45) is 0 Å². The lowest BCUT2D eigenvalue weighted by Crippen LogP contribution is -2.30. The van der Waals surface area contributed by atoms with Gasteiger partial charge in [-0.15, -0.1) is 0 Å². The molecule has 1 aliphatic rings. The van der Waals surface area contributed by atoms with Gasteiger partial charge in [0.05, 0.1) is 17.4 Å². The normalized spacial score (nSPS) is 17.6. The molecule has 1 fully saturated rings. The van der Waals surface area contributed by atoms with Crippen molar-refractivity contribution in [3.8, 4) is 11.4 Å². The summed E-state index contributed by atoms with van der Waals surface area (Å²) >= 11 is 12.1. The SMILES string of the molecule is CN(C)c1ccc(-n2cccc2[C@@H]2[C@H](c3ccccn3)NC(=S)N2c2cc(Cl)ccc2O)cc1. The number of phenols is 1. The van der Waals surface area contributed by atoms with Crippen molar-refractivity contribution >= 4 is 40.3 Å². The summed E-state index contributed by atoms with van der Waals surface area (Å²) in [4.78, 5) is 8.60. The molecule has 2 aromatic heterocycles. The van der Waals surface area contributed by atoms with Crippen molar-refractivity contribution in [3.63, 3.8) is 0 Å². The maximum atomic E-state index is 10.7. The molecule has 8 heteroatoms. The number of aromatic nitrogens is 2. The van der Waals surface area contributed by atoms with E-state index in [1.54, 1.807) is 24.4 Å². The first-order valence-electron chi connectivity index (χ1n) is 10.9. The lowest BCUT2D eigenvalue weighted by Gasteiger charge is -2.29. The zero-order valence-corrected chi connectivity index (χ0v) is 20.3. The first-order chi connectivity index (χ1) is 16.4. The van der Waals surface area contributed by atoms with Crippen molar-refractivity contribution in [3.05, 3.63) is 102 Å². The molecule has 0 spiro atoms. The summed E-state index contributed by atoms with van der Waals surface area (Å²) in [5.41, 5.74) is 4.55. The zero-order chi connectivity index (χ0) is 23.8. The fourth-order valence-electron chi connectivity index (χ4n) is 4.39. The van der Waals surface area contributed by atoms with Gasteiger partial charge < -0.3 is 24.8 Å². The third-order valence-corrected chi connectivity index (χ3v) is 6.57. The van der Waals surface area contributed by atoms with E-state index in [0.717, 1.165) is 22.8 Å². The second kappa shape index (κ2) is 9.00. The number of aromatic hydroxyl groups is 1. The highest BCUT2D eigenvalue weighted by Crippen LogP contribution is 2.45. The molecule has 6 nitrogen and oxygen atoms in total. The monoisotopic (exact) mass is 489 g/mol. The van der Waals surface area contributed by atoms with Gasteiger partial charge in [0.15, 0.2) is 5.11 Å². The lowest BCUT2D eigenvalue weighted by molar-refractivity contribution is 0.472. The molecule has 5 rings (SSSR count). The summed E-state index contributed by atoms with van der Waals surface area (Å²) in [7, 11) is 4.04. The zero-order valence-electron chi connectivity index (χ0n) is 18.8. The first-order valence-corrected chi connectivity index (χ1v) is 11.7. The Morgan fingerprint density at radius 3 is 2.53 bits per heavy atom. The van der Waals surface area contributed by atoms with Crippen LogP contribution < -0.4 is 15.1 Å². The molecule has 2 N–H and O–H groups in total. The van der Waals surface area contributed by atoms with Gasteiger partial charge >= 0.3 is 0 Å². The molecule has 0 bridgehead atoms. The number of benzene rings is 2. The van der Waals surface area contributed by atoms with Gasteiger partial charge in [-0.1, -0.05) is 17.7 Å². The van der Waals surface area contributed by atoms with E-state index in [4.69, 9.17) is 23.8 Å². The molecule has 1 aliphatic heterocycles. The Hall–Kier alpha value is -3.55. The van der Waals surface area contributed by atoms with E-state index >= 15 is 0 Å². The van der Waals surface area contributed by atoms with E-state index in [1.165, 1.54) is 0 Å². The van der Waals surface area contributed by atoms with Crippen molar-refractivity contribution < 1.29 is 5.11 Å². The highest BCUT2D eigenvalue weighted by Gasteiger charge is 2.43. The quantitative estimate of drug-likeness (QED) is 0.362. The molecule has 34 heavy (non-hydrogen) atoms. The molecule has 1 saturated heterocycles. The van der Waals surface area contributed by atoms with Crippen LogP contribution in [0.1, 0.15) is 23.5 Å². The van der Waals surface area contributed by atoms with Crippen molar-refractivity contribution in [1.82, 2.24) is 14.9 Å². The summed E-state index contributed by atoms with van der Waals surface area (Å²) in [6, 6.07) is 22.8. The number of hydrogen-bond acceptors (Lipinski definition) is 4. The van der Waals surface area contributed by atoms with Gasteiger partial charge in [0.2, 0.25) is 0 Å². The van der Waals surface area contributed by atoms with Gasteiger partial charge in [-0.3, -0.25) is 4.98 Å². The molecule has 0 radical (unpaired) electrons. The molecule has 0 unspecified atom stereocenters. The van der Waals surface area contributed by atoms with Crippen molar-refractivity contribution in [2.45, 2.75) is 12.1 Å². The second-order valence-corrected chi connectivity index (χ2v) is 9.17. The number of pyridine rings is 1. The predicted molar refractivity (Wildman–Crippen MR) is 141 cm³/mol. The van der Waals surface area contributed by atoms with E-state index in [0.29, 0.717) is 15.8 Å². The minimum Gasteiger partial charge on any atom is -0.506 e. The molecular formula is C26H24ClN5OS. The summed E-state index contributed by atoms with van der Waals surface area (Å²) in [6.45, 7) is 0. The Labute approximate surface area is 209 Å². The van der Waals surface area contributed by atoms with E-state index in [1.807, 2.05) is 49.5 Å². The van der Waals surface area contributed by atoms with Crippen LogP contribution in [0.25, 0.3) is 5.69 Å². The minimum absolute atomic E-state index is 0.105. The topological polar surface area (TPSA) is 56.6 Å². The van der Waals surface area contributed by atoms with E-state index in [2.05, 4.69) is 50.1 Å². The molecular weight excluding hydrogens is 466 g/mol. The average molecular weight is 490 g/mol. The van der Waals surface area contributed by atoms with Crippen LogP contribution in [0.4, 0.5) is 11.4 Å². The Kier molecular flexibility index (Phi) is 5.89. The number of halogens is 1. The fraction of sp³-hybridized carbons (Fsp3) is 0.154. The van der Waals surface area contributed by atoms with Crippen LogP contribution in [0, 0.1) is 0 Å². The van der Waals surface area contributed by atoms with Crippen LogP contribution in [0.3, 0.4) is 0 Å². The standard InChI is InChI=1S/C26H24ClN5OS/c1-30(2)18-9-11-19(12-10-18)31-15-5-7-21(31)25-24(20-6-3-4-14-28-20)29-26(34)32(25)22-16-17(27)8-13-23(22)33/h3-16,24-25,33H,1-2H3,(H,29,34)/t24-,25+/m0/s1. The van der Waals surface area contributed by atoms with Crippen LogP contribution in [-0.4, -0.2) is 33.9 Å². The molecule has 2 atom stereocenters. The number of phenolic OH excluding ortho intramolecular Hbond substituents is 1. The van der Waals surface area contributed by atoms with Crippen molar-refractivity contribution in [1.29, 1.82) is 0 Å². The van der Waals surface area contributed by atoms with Crippen molar-refractivity contribution in [2.75, 3.05) is 23.9 Å². The van der Waals surface area contributed by atoms with E-state index in [-0.39, 0.29) is 17.8 Å². The second-order valence-electron chi connectivity index (χ2n) is 8.34. The van der Waals surface area contributed by atoms with Crippen LogP contribution >= 0.6 is 23.8 Å². The summed E-state index contributed by atoms with van der Waals surface area (Å²) < 4.78 is 2.14. The number of nitrogens with zero attached hydrogens (tertiary/aromatic N) is 4. The molecule has 0 aliphatic carbocycles. The van der Waals surface area contributed by atoms with Gasteiger partial charge in [0, 0.05) is 48.6 Å². The Morgan fingerprint density at radius 1 is 1.03 bits per heavy atom. The first kappa shape index (κ1) is 22.3. The molecule has 0 amide bonds. The van der Waals surface area contributed by atoms with E-state index in [9.17, 15) is 5.11 Å². The molecule has 3 heterocycles. The molecule has 4 aromatic rings. The maximum Gasteiger partial charge on any atom is 0.174 e. The van der Waals surface area contributed by atoms with Gasteiger partial charge in [-0.05, 0) is 78.9 Å². The third-order valence-electron chi connectivity index (χ3n) is 6.02. The fourth-order valence-corrected chi connectivity index (χ4v) is 4.89. The number of rotatable bonds is 5.